The summed E-state index contributed by atoms with van der Waals surface area (Å²) in [4.78, 5) is 0. The molecule has 3 heteroatoms. The summed E-state index contributed by atoms with van der Waals surface area (Å²) < 4.78 is 16.0. The van der Waals surface area contributed by atoms with Crippen LogP contribution in [-0.2, 0) is 14.2 Å². The Morgan fingerprint density at radius 1 is 1.20 bits per heavy atom. The van der Waals surface area contributed by atoms with Crippen molar-refractivity contribution in [3.8, 4) is 0 Å². The van der Waals surface area contributed by atoms with Crippen LogP contribution >= 0.6 is 0 Å². The third-order valence-corrected chi connectivity index (χ3v) is 2.20. The minimum atomic E-state index is -0.250. The monoisotopic (exact) mass is 206 g/mol. The van der Waals surface area contributed by atoms with E-state index in [1.54, 1.807) is 13.4 Å². The zero-order valence-electron chi connectivity index (χ0n) is 8.68. The number of benzene rings is 1. The predicted molar refractivity (Wildman–Crippen MR) is 56.2 cm³/mol. The van der Waals surface area contributed by atoms with Gasteiger partial charge in [-0.15, -0.1) is 0 Å². The van der Waals surface area contributed by atoms with E-state index in [1.165, 1.54) is 0 Å². The second kappa shape index (κ2) is 4.96. The smallest absolute Gasteiger partial charge is 0.184 e. The first kappa shape index (κ1) is 10.2. The Morgan fingerprint density at radius 2 is 1.87 bits per heavy atom. The summed E-state index contributed by atoms with van der Waals surface area (Å²) in [7, 11) is 1.62. The van der Waals surface area contributed by atoms with Crippen LogP contribution in [0.1, 0.15) is 11.9 Å². The summed E-state index contributed by atoms with van der Waals surface area (Å²) in [5.41, 5.74) is 2.07. The van der Waals surface area contributed by atoms with Gasteiger partial charge >= 0.3 is 0 Å². The van der Waals surface area contributed by atoms with Gasteiger partial charge in [-0.2, -0.15) is 0 Å². The molecule has 15 heavy (non-hydrogen) atoms. The number of hydrogen-bond donors (Lipinski definition) is 0. The molecule has 0 atom stereocenters. The molecular weight excluding hydrogens is 192 g/mol. The molecule has 0 aliphatic carbocycles. The summed E-state index contributed by atoms with van der Waals surface area (Å²) in [6.07, 6.45) is 1.42. The van der Waals surface area contributed by atoms with Gasteiger partial charge in [-0.25, -0.2) is 0 Å². The molecule has 1 heterocycles. The van der Waals surface area contributed by atoms with E-state index in [0.29, 0.717) is 13.2 Å². The third kappa shape index (κ3) is 2.58. The molecule has 1 aliphatic heterocycles. The summed E-state index contributed by atoms with van der Waals surface area (Å²) in [6, 6.07) is 9.92. The maximum absolute atomic E-state index is 5.56. The average molecular weight is 206 g/mol. The lowest BCUT2D eigenvalue weighted by atomic mass is 10.2. The van der Waals surface area contributed by atoms with Gasteiger partial charge in [0.25, 0.3) is 0 Å². The van der Waals surface area contributed by atoms with Crippen LogP contribution in [0.3, 0.4) is 0 Å². The first-order valence-corrected chi connectivity index (χ1v) is 4.89. The lowest BCUT2D eigenvalue weighted by Gasteiger charge is -2.25. The topological polar surface area (TPSA) is 27.7 Å². The fourth-order valence-corrected chi connectivity index (χ4v) is 1.49. The fourth-order valence-electron chi connectivity index (χ4n) is 1.49. The summed E-state index contributed by atoms with van der Waals surface area (Å²) in [6.45, 7) is 1.13. The number of hydrogen-bond acceptors (Lipinski definition) is 3. The highest BCUT2D eigenvalue weighted by Gasteiger charge is 2.18. The van der Waals surface area contributed by atoms with Crippen LogP contribution in [-0.4, -0.2) is 20.3 Å². The molecule has 0 unspecified atom stereocenters. The van der Waals surface area contributed by atoms with Crippen LogP contribution in [0.4, 0.5) is 0 Å². The second-order valence-corrected chi connectivity index (χ2v) is 3.38. The van der Waals surface area contributed by atoms with Gasteiger partial charge in [0.2, 0.25) is 0 Å². The van der Waals surface area contributed by atoms with E-state index in [0.717, 1.165) is 11.1 Å². The standard InChI is InChI=1S/C12H14O3/c1-13-7-10-8-14-12(15-9-10)11-5-3-2-4-6-11/h2-7,12H,8-9H2,1H3. The van der Waals surface area contributed by atoms with E-state index in [4.69, 9.17) is 14.2 Å². The van der Waals surface area contributed by atoms with Crippen molar-refractivity contribution in [2.45, 2.75) is 6.29 Å². The largest absolute Gasteiger partial charge is 0.504 e. The molecular formula is C12H14O3. The maximum Gasteiger partial charge on any atom is 0.184 e. The van der Waals surface area contributed by atoms with E-state index in [9.17, 15) is 0 Å². The second-order valence-electron chi connectivity index (χ2n) is 3.38. The molecule has 2 rings (SSSR count). The van der Waals surface area contributed by atoms with Crippen LogP contribution in [0.25, 0.3) is 0 Å². The molecule has 0 bridgehead atoms. The minimum absolute atomic E-state index is 0.250. The van der Waals surface area contributed by atoms with E-state index < -0.39 is 0 Å². The Bertz CT molecular complexity index is 322. The van der Waals surface area contributed by atoms with Gasteiger partial charge in [0.15, 0.2) is 6.29 Å². The Morgan fingerprint density at radius 3 is 2.47 bits per heavy atom. The zero-order valence-corrected chi connectivity index (χ0v) is 8.68. The highest BCUT2D eigenvalue weighted by atomic mass is 16.7. The van der Waals surface area contributed by atoms with Crippen LogP contribution in [0.15, 0.2) is 42.2 Å². The SMILES string of the molecule is COC=C1COC(c2ccccc2)OC1. The normalized spacial score (nSPS) is 21.1. The van der Waals surface area contributed by atoms with E-state index in [1.807, 2.05) is 30.3 Å². The van der Waals surface area contributed by atoms with Gasteiger partial charge < -0.3 is 14.2 Å². The maximum atomic E-state index is 5.56. The van der Waals surface area contributed by atoms with Gasteiger partial charge in [0.1, 0.15) is 0 Å². The molecule has 0 N–H and O–H groups in total. The molecule has 0 spiro atoms. The first-order valence-electron chi connectivity index (χ1n) is 4.89. The molecule has 1 aromatic carbocycles. The van der Waals surface area contributed by atoms with Crippen LogP contribution in [0, 0.1) is 0 Å². The quantitative estimate of drug-likeness (QED) is 0.695. The van der Waals surface area contributed by atoms with Gasteiger partial charge in [0.05, 0.1) is 26.6 Å². The third-order valence-electron chi connectivity index (χ3n) is 2.20. The van der Waals surface area contributed by atoms with E-state index in [-0.39, 0.29) is 6.29 Å². The number of methoxy groups -OCH3 is 1. The van der Waals surface area contributed by atoms with Crippen LogP contribution in [0.2, 0.25) is 0 Å². The predicted octanol–water partition coefficient (Wildman–Crippen LogP) is 2.26. The van der Waals surface area contributed by atoms with Crippen molar-refractivity contribution >= 4 is 0 Å². The van der Waals surface area contributed by atoms with Crippen molar-refractivity contribution < 1.29 is 14.2 Å². The first-order chi connectivity index (χ1) is 7.40. The van der Waals surface area contributed by atoms with Gasteiger partial charge in [-0.3, -0.25) is 0 Å². The van der Waals surface area contributed by atoms with E-state index >= 15 is 0 Å². The highest BCUT2D eigenvalue weighted by Crippen LogP contribution is 2.24. The molecule has 1 saturated heterocycles. The molecule has 1 aromatic rings. The van der Waals surface area contributed by atoms with Gasteiger partial charge in [0, 0.05) is 11.1 Å². The lowest BCUT2D eigenvalue weighted by Crippen LogP contribution is -2.20. The molecule has 80 valence electrons. The van der Waals surface area contributed by atoms with Crippen molar-refractivity contribution in [2.24, 2.45) is 0 Å². The van der Waals surface area contributed by atoms with Crippen LogP contribution < -0.4 is 0 Å². The summed E-state index contributed by atoms with van der Waals surface area (Å²) in [5, 5.41) is 0. The number of ether oxygens (including phenoxy) is 3. The molecule has 0 radical (unpaired) electrons. The van der Waals surface area contributed by atoms with E-state index in [2.05, 4.69) is 0 Å². The molecule has 0 amide bonds. The fraction of sp³-hybridized carbons (Fsp3) is 0.333. The van der Waals surface area contributed by atoms with Crippen molar-refractivity contribution in [2.75, 3.05) is 20.3 Å². The Balaban J connectivity index is 1.97. The van der Waals surface area contributed by atoms with Crippen LogP contribution in [0.5, 0.6) is 0 Å². The molecule has 3 nitrogen and oxygen atoms in total. The molecule has 1 aliphatic rings. The summed E-state index contributed by atoms with van der Waals surface area (Å²) in [5.74, 6) is 0. The van der Waals surface area contributed by atoms with Gasteiger partial charge in [-0.1, -0.05) is 30.3 Å². The molecule has 1 fully saturated rings. The minimum Gasteiger partial charge on any atom is -0.504 e. The Labute approximate surface area is 89.3 Å². The highest BCUT2D eigenvalue weighted by molar-refractivity contribution is 5.17. The van der Waals surface area contributed by atoms with Crippen molar-refractivity contribution in [3.05, 3.63) is 47.7 Å². The van der Waals surface area contributed by atoms with Crippen molar-refractivity contribution in [1.29, 1.82) is 0 Å². The Kier molecular flexibility index (Phi) is 3.37. The lowest BCUT2D eigenvalue weighted by molar-refractivity contribution is -0.161. The molecule has 0 aromatic heterocycles. The van der Waals surface area contributed by atoms with Crippen molar-refractivity contribution in [3.63, 3.8) is 0 Å². The Hall–Kier alpha value is -1.32. The number of rotatable bonds is 2. The van der Waals surface area contributed by atoms with Crippen molar-refractivity contribution in [1.82, 2.24) is 0 Å². The van der Waals surface area contributed by atoms with Gasteiger partial charge in [-0.05, 0) is 0 Å². The molecule has 0 saturated carbocycles. The average Bonchev–Trinajstić information content (AvgIpc) is 2.32. The summed E-state index contributed by atoms with van der Waals surface area (Å²) >= 11 is 0. The zero-order chi connectivity index (χ0) is 10.5.